The minimum Gasteiger partial charge on any atom is -0.507 e. The molecule has 41 heavy (non-hydrogen) atoms. The molecule has 2 aromatic carbocycles. The standard InChI is InChI=1S/C29H30N2O10/c1-11-7-15-19(16(34)8-11)24(37)21-20(22(15)35)13-4-6-30-28(31-9-12(2)33)18(13)14-3-5-29(41-26(14)21)27(39)25(38)23(36)17(10-32)40-29/h4,6-8,12,17,23,25,27,32-34,36,38-39H,3,5,9-10H2,1-2H3,(H,30,31). The van der Waals surface area contributed by atoms with Gasteiger partial charge in [0.05, 0.1) is 23.8 Å². The molecule has 0 radical (unpaired) electrons. The Hall–Kier alpha value is -3.65. The minimum atomic E-state index is -1.98. The Labute approximate surface area is 233 Å². The Morgan fingerprint density at radius 2 is 1.88 bits per heavy atom. The summed E-state index contributed by atoms with van der Waals surface area (Å²) in [5.74, 6) is -3.34. The third-order valence-corrected chi connectivity index (χ3v) is 8.06. The van der Waals surface area contributed by atoms with Gasteiger partial charge < -0.3 is 45.4 Å². The third kappa shape index (κ3) is 4.02. The minimum absolute atomic E-state index is 0.00499. The van der Waals surface area contributed by atoms with Gasteiger partial charge in [0.15, 0.2) is 5.78 Å². The number of aryl methyl sites for hydroxylation is 2. The molecule has 3 aliphatic rings. The van der Waals surface area contributed by atoms with E-state index in [1.807, 2.05) is 0 Å². The van der Waals surface area contributed by atoms with Gasteiger partial charge in [-0.15, -0.1) is 0 Å². The van der Waals surface area contributed by atoms with Crippen LogP contribution in [0.3, 0.4) is 0 Å². The van der Waals surface area contributed by atoms with Crippen molar-refractivity contribution in [1.29, 1.82) is 0 Å². The van der Waals surface area contributed by atoms with Crippen molar-refractivity contribution in [1.82, 2.24) is 4.98 Å². The van der Waals surface area contributed by atoms with Crippen molar-refractivity contribution in [2.45, 2.75) is 63.0 Å². The Bertz CT molecular complexity index is 1600. The summed E-state index contributed by atoms with van der Waals surface area (Å²) in [6, 6.07) is 4.51. The molecule has 12 nitrogen and oxygen atoms in total. The second-order valence-corrected chi connectivity index (χ2v) is 10.9. The van der Waals surface area contributed by atoms with Crippen molar-refractivity contribution in [3.05, 3.63) is 57.8 Å². The number of hydrogen-bond donors (Lipinski definition) is 7. The fourth-order valence-electron chi connectivity index (χ4n) is 6.14. The number of aliphatic hydroxyl groups is 5. The van der Waals surface area contributed by atoms with Crippen LogP contribution in [0.15, 0.2) is 24.4 Å². The van der Waals surface area contributed by atoms with Crippen molar-refractivity contribution < 1.29 is 49.7 Å². The molecule has 1 fully saturated rings. The number of phenols is 1. The molecular weight excluding hydrogens is 536 g/mol. The summed E-state index contributed by atoms with van der Waals surface area (Å²) in [5, 5.41) is 66.3. The van der Waals surface area contributed by atoms with E-state index >= 15 is 0 Å². The average Bonchev–Trinajstić information content (AvgIpc) is 2.94. The number of anilines is 1. The molecule has 6 rings (SSSR count). The van der Waals surface area contributed by atoms with Crippen LogP contribution >= 0.6 is 0 Å². The highest BCUT2D eigenvalue weighted by molar-refractivity contribution is 6.34. The Morgan fingerprint density at radius 3 is 2.59 bits per heavy atom. The van der Waals surface area contributed by atoms with Gasteiger partial charge in [0, 0.05) is 41.2 Å². The maximum Gasteiger partial charge on any atom is 0.240 e. The van der Waals surface area contributed by atoms with Gasteiger partial charge in [-0.2, -0.15) is 0 Å². The number of carbonyl (C=O) groups excluding carboxylic acids is 2. The number of phenolic OH excluding ortho intramolecular Hbond substituents is 1. The molecular formula is C29H30N2O10. The van der Waals surface area contributed by atoms with Crippen LogP contribution in [0.25, 0.3) is 10.8 Å². The lowest BCUT2D eigenvalue weighted by molar-refractivity contribution is -0.342. The van der Waals surface area contributed by atoms with E-state index in [1.165, 1.54) is 18.3 Å². The van der Waals surface area contributed by atoms with E-state index in [2.05, 4.69) is 10.3 Å². The third-order valence-electron chi connectivity index (χ3n) is 8.06. The number of aromatic hydroxyl groups is 1. The number of benzene rings is 2. The second-order valence-electron chi connectivity index (χ2n) is 10.9. The molecule has 7 N–H and O–H groups in total. The molecule has 1 spiro atoms. The number of nitrogens with zero attached hydrogens (tertiary/aromatic N) is 1. The summed E-state index contributed by atoms with van der Waals surface area (Å²) < 4.78 is 12.2. The van der Waals surface area contributed by atoms with E-state index in [9.17, 15) is 40.2 Å². The number of aliphatic hydroxyl groups excluding tert-OH is 5. The van der Waals surface area contributed by atoms with Gasteiger partial charge in [-0.25, -0.2) is 4.98 Å². The summed E-state index contributed by atoms with van der Waals surface area (Å²) in [6.45, 7) is 2.73. The molecule has 6 unspecified atom stereocenters. The van der Waals surface area contributed by atoms with Crippen LogP contribution in [0.2, 0.25) is 0 Å². The van der Waals surface area contributed by atoms with Gasteiger partial charge in [-0.1, -0.05) is 0 Å². The number of nitrogens with one attached hydrogen (secondary N) is 1. The number of pyridine rings is 1. The predicted molar refractivity (Wildman–Crippen MR) is 143 cm³/mol. The number of carbonyl (C=O) groups is 2. The first-order valence-electron chi connectivity index (χ1n) is 13.3. The summed E-state index contributed by atoms with van der Waals surface area (Å²) in [4.78, 5) is 32.6. The molecule has 0 bridgehead atoms. The zero-order valence-electron chi connectivity index (χ0n) is 22.3. The fraction of sp³-hybridized carbons (Fsp3) is 0.414. The Morgan fingerprint density at radius 1 is 1.12 bits per heavy atom. The predicted octanol–water partition coefficient (Wildman–Crippen LogP) is 0.312. The SMILES string of the molecule is Cc1cc(O)c2c(c1)C(=O)c1c(c3c(c4c(NCC(C)O)nccc14)CCC1(O3)OC(CO)C(O)C(O)C1O)C2=O. The van der Waals surface area contributed by atoms with Crippen LogP contribution in [-0.2, 0) is 11.2 Å². The maximum atomic E-state index is 14.1. The summed E-state index contributed by atoms with van der Waals surface area (Å²) in [6.07, 6.45) is -5.62. The molecule has 1 saturated heterocycles. The van der Waals surface area contributed by atoms with Gasteiger partial charge >= 0.3 is 0 Å². The number of ether oxygens (including phenoxy) is 2. The molecule has 216 valence electrons. The zero-order chi connectivity index (χ0) is 29.4. The second kappa shape index (κ2) is 9.72. The van der Waals surface area contributed by atoms with E-state index in [0.29, 0.717) is 27.7 Å². The van der Waals surface area contributed by atoms with Gasteiger partial charge in [0.25, 0.3) is 0 Å². The lowest BCUT2D eigenvalue weighted by atomic mass is 9.77. The van der Waals surface area contributed by atoms with Crippen LogP contribution < -0.4 is 10.1 Å². The first-order valence-corrected chi connectivity index (χ1v) is 13.3. The molecule has 0 amide bonds. The monoisotopic (exact) mass is 566 g/mol. The summed E-state index contributed by atoms with van der Waals surface area (Å²) >= 11 is 0. The Balaban J connectivity index is 1.64. The molecule has 3 heterocycles. The van der Waals surface area contributed by atoms with E-state index in [0.717, 1.165) is 0 Å². The smallest absolute Gasteiger partial charge is 0.240 e. The summed E-state index contributed by atoms with van der Waals surface area (Å²) in [7, 11) is 0. The zero-order valence-corrected chi connectivity index (χ0v) is 22.3. The molecule has 0 saturated carbocycles. The van der Waals surface area contributed by atoms with Gasteiger partial charge in [0.1, 0.15) is 41.7 Å². The van der Waals surface area contributed by atoms with E-state index in [1.54, 1.807) is 19.9 Å². The van der Waals surface area contributed by atoms with Crippen molar-refractivity contribution in [3.8, 4) is 11.5 Å². The molecule has 1 aromatic heterocycles. The molecule has 12 heteroatoms. The number of fused-ring (bicyclic) bond motifs is 7. The highest BCUT2D eigenvalue weighted by atomic mass is 16.7. The molecule has 3 aromatic rings. The highest BCUT2D eigenvalue weighted by Gasteiger charge is 2.57. The topological polar surface area (TPSA) is 199 Å². The van der Waals surface area contributed by atoms with Crippen molar-refractivity contribution in [2.75, 3.05) is 18.5 Å². The number of aromatic nitrogens is 1. The van der Waals surface area contributed by atoms with Gasteiger partial charge in [-0.05, 0) is 49.4 Å². The average molecular weight is 567 g/mol. The number of ketones is 2. The van der Waals surface area contributed by atoms with Crippen LogP contribution in [0.1, 0.15) is 56.3 Å². The van der Waals surface area contributed by atoms with E-state index in [4.69, 9.17) is 9.47 Å². The molecule has 2 aliphatic heterocycles. The van der Waals surface area contributed by atoms with Crippen molar-refractivity contribution >= 4 is 28.2 Å². The first kappa shape index (κ1) is 27.5. The quantitative estimate of drug-likeness (QED) is 0.179. The van der Waals surface area contributed by atoms with Crippen LogP contribution in [0.5, 0.6) is 11.5 Å². The molecule has 6 atom stereocenters. The van der Waals surface area contributed by atoms with Crippen molar-refractivity contribution in [2.24, 2.45) is 0 Å². The van der Waals surface area contributed by atoms with Crippen molar-refractivity contribution in [3.63, 3.8) is 0 Å². The lowest BCUT2D eigenvalue weighted by Gasteiger charge is -2.50. The van der Waals surface area contributed by atoms with Gasteiger partial charge in [0.2, 0.25) is 11.6 Å². The fourth-order valence-corrected chi connectivity index (χ4v) is 6.14. The van der Waals surface area contributed by atoms with Crippen LogP contribution in [-0.4, -0.2) is 96.6 Å². The van der Waals surface area contributed by atoms with Crippen LogP contribution in [0.4, 0.5) is 5.82 Å². The highest BCUT2D eigenvalue weighted by Crippen LogP contribution is 2.50. The number of rotatable bonds is 4. The number of hydrogen-bond acceptors (Lipinski definition) is 12. The lowest BCUT2D eigenvalue weighted by Crippen LogP contribution is -2.68. The summed E-state index contributed by atoms with van der Waals surface area (Å²) in [5.41, 5.74) is 0.727. The van der Waals surface area contributed by atoms with E-state index in [-0.39, 0.29) is 53.1 Å². The largest absolute Gasteiger partial charge is 0.507 e. The first-order chi connectivity index (χ1) is 19.5. The van der Waals surface area contributed by atoms with Gasteiger partial charge in [-0.3, -0.25) is 9.59 Å². The Kier molecular flexibility index (Phi) is 6.53. The molecule has 1 aliphatic carbocycles. The van der Waals surface area contributed by atoms with E-state index < -0.39 is 54.5 Å². The normalized spacial score (nSPS) is 27.7. The van der Waals surface area contributed by atoms with Crippen LogP contribution in [0, 0.1) is 6.92 Å². The maximum absolute atomic E-state index is 14.1.